The van der Waals surface area contributed by atoms with Gasteiger partial charge >= 0.3 is 18.4 Å². The number of ether oxygens (including phenoxy) is 2. The first-order valence-electron chi connectivity index (χ1n) is 12.3. The van der Waals surface area contributed by atoms with Crippen LogP contribution in [-0.2, 0) is 23.5 Å². The van der Waals surface area contributed by atoms with Crippen molar-refractivity contribution in [2.24, 2.45) is 0 Å². The monoisotopic (exact) mass is 647 g/mol. The van der Waals surface area contributed by atoms with Gasteiger partial charge in [-0.3, -0.25) is 4.90 Å². The number of halogens is 7. The standard InChI is InChI=1S/C26H24BrF6N5O3/c1-4-41-24(39)38-13(2)7-19(22-20(38)5-6-21(37-22)40-3)36-23-34-12-17(27)18(35-23)10-14-8-15(25(28,29)30)11-16(9-14)26(31,32)33/h5-6,8-9,11-13,19H,4,7,10H2,1-3H3,(H,34,35,36)/t13-,19+/m1/s1. The predicted octanol–water partition coefficient (Wildman–Crippen LogP) is 7.18. The van der Waals surface area contributed by atoms with E-state index in [1.54, 1.807) is 19.1 Å². The van der Waals surface area contributed by atoms with Gasteiger partial charge in [0, 0.05) is 24.7 Å². The number of carbonyl (C=O) groups is 1. The Balaban J connectivity index is 1.67. The third-order valence-electron chi connectivity index (χ3n) is 6.30. The van der Waals surface area contributed by atoms with Gasteiger partial charge in [0.25, 0.3) is 0 Å². The average molecular weight is 648 g/mol. The summed E-state index contributed by atoms with van der Waals surface area (Å²) in [6, 6.07) is 3.80. The molecule has 4 rings (SSSR count). The number of alkyl halides is 6. The fourth-order valence-corrected chi connectivity index (χ4v) is 4.81. The summed E-state index contributed by atoms with van der Waals surface area (Å²) in [5.74, 6) is 0.347. The third kappa shape index (κ3) is 6.82. The van der Waals surface area contributed by atoms with Crippen LogP contribution in [0.15, 0.2) is 41.0 Å². The van der Waals surface area contributed by atoms with E-state index in [1.165, 1.54) is 18.2 Å². The van der Waals surface area contributed by atoms with Gasteiger partial charge in [-0.05, 0) is 66.0 Å². The number of rotatable bonds is 6. The van der Waals surface area contributed by atoms with Crippen molar-refractivity contribution in [2.45, 2.75) is 51.1 Å². The Morgan fingerprint density at radius 2 is 1.76 bits per heavy atom. The van der Waals surface area contributed by atoms with Gasteiger partial charge in [0.2, 0.25) is 11.8 Å². The second-order valence-corrected chi connectivity index (χ2v) is 10.0. The molecule has 0 fully saturated rings. The first kappa shape index (κ1) is 30.3. The molecule has 220 valence electrons. The van der Waals surface area contributed by atoms with E-state index in [0.29, 0.717) is 34.4 Å². The van der Waals surface area contributed by atoms with Gasteiger partial charge < -0.3 is 14.8 Å². The van der Waals surface area contributed by atoms with Gasteiger partial charge in [-0.1, -0.05) is 0 Å². The average Bonchev–Trinajstić information content (AvgIpc) is 2.89. The van der Waals surface area contributed by atoms with Crippen LogP contribution < -0.4 is 15.0 Å². The maximum Gasteiger partial charge on any atom is 0.416 e. The Morgan fingerprint density at radius 1 is 1.10 bits per heavy atom. The molecule has 3 heterocycles. The number of carbonyl (C=O) groups excluding carboxylic acids is 1. The van der Waals surface area contributed by atoms with Gasteiger partial charge in [-0.15, -0.1) is 0 Å². The first-order chi connectivity index (χ1) is 19.2. The number of amides is 1. The van der Waals surface area contributed by atoms with E-state index in [-0.39, 0.29) is 48.2 Å². The normalized spacial score (nSPS) is 17.2. The van der Waals surface area contributed by atoms with E-state index in [2.05, 4.69) is 36.2 Å². The molecule has 8 nitrogen and oxygen atoms in total. The van der Waals surface area contributed by atoms with Crippen molar-refractivity contribution in [3.05, 3.63) is 69.1 Å². The number of methoxy groups -OCH3 is 1. The fourth-order valence-electron chi connectivity index (χ4n) is 4.48. The van der Waals surface area contributed by atoms with Crippen LogP contribution in [0.4, 0.5) is 42.8 Å². The number of aromatic nitrogens is 3. The molecule has 2 atom stereocenters. The number of benzene rings is 1. The van der Waals surface area contributed by atoms with Crippen LogP contribution in [0.25, 0.3) is 0 Å². The highest BCUT2D eigenvalue weighted by Gasteiger charge is 2.38. The Morgan fingerprint density at radius 3 is 2.34 bits per heavy atom. The molecule has 1 aliphatic heterocycles. The van der Waals surface area contributed by atoms with Gasteiger partial charge in [0.15, 0.2) is 0 Å². The Hall–Kier alpha value is -3.62. The van der Waals surface area contributed by atoms with Crippen molar-refractivity contribution in [1.29, 1.82) is 0 Å². The molecule has 0 spiro atoms. The van der Waals surface area contributed by atoms with E-state index in [1.807, 2.05) is 6.92 Å². The SMILES string of the molecule is CCOC(=O)N1c2ccc(OC)nc2[C@@H](Nc2ncc(Br)c(Cc3cc(C(F)(F)F)cc(C(F)(F)F)c3)n2)C[C@H]1C. The first-order valence-corrected chi connectivity index (χ1v) is 13.1. The van der Waals surface area contributed by atoms with Crippen LogP contribution in [0, 0.1) is 0 Å². The number of nitrogens with zero attached hydrogens (tertiary/aromatic N) is 4. The summed E-state index contributed by atoms with van der Waals surface area (Å²) >= 11 is 3.24. The van der Waals surface area contributed by atoms with Crippen LogP contribution in [0.3, 0.4) is 0 Å². The second kappa shape index (κ2) is 11.7. The van der Waals surface area contributed by atoms with E-state index in [0.717, 1.165) is 0 Å². The van der Waals surface area contributed by atoms with Crippen molar-refractivity contribution in [3.8, 4) is 5.88 Å². The topological polar surface area (TPSA) is 89.5 Å². The summed E-state index contributed by atoms with van der Waals surface area (Å²) in [5, 5.41) is 3.14. The molecular formula is C26H24BrF6N5O3. The lowest BCUT2D eigenvalue weighted by atomic mass is 9.96. The molecule has 1 amide bonds. The summed E-state index contributed by atoms with van der Waals surface area (Å²) < 4.78 is 90.8. The molecule has 1 N–H and O–H groups in total. The summed E-state index contributed by atoms with van der Waals surface area (Å²) in [6.07, 6.45) is -9.13. The lowest BCUT2D eigenvalue weighted by Crippen LogP contribution is -2.45. The zero-order valence-electron chi connectivity index (χ0n) is 21.9. The maximum atomic E-state index is 13.3. The molecule has 0 saturated carbocycles. The number of fused-ring (bicyclic) bond motifs is 1. The molecule has 0 radical (unpaired) electrons. The summed E-state index contributed by atoms with van der Waals surface area (Å²) in [6.45, 7) is 3.68. The molecule has 0 aliphatic carbocycles. The largest absolute Gasteiger partial charge is 0.481 e. The molecule has 0 saturated heterocycles. The summed E-state index contributed by atoms with van der Waals surface area (Å²) in [5.41, 5.74) is -1.98. The van der Waals surface area contributed by atoms with Gasteiger partial charge in [-0.2, -0.15) is 26.3 Å². The van der Waals surface area contributed by atoms with Crippen LogP contribution >= 0.6 is 15.9 Å². The highest BCUT2D eigenvalue weighted by molar-refractivity contribution is 9.10. The Bertz CT molecular complexity index is 1400. The van der Waals surface area contributed by atoms with Crippen LogP contribution in [0.5, 0.6) is 5.88 Å². The minimum absolute atomic E-state index is 0.0589. The van der Waals surface area contributed by atoms with Crippen molar-refractivity contribution >= 4 is 33.7 Å². The number of hydrogen-bond acceptors (Lipinski definition) is 7. The van der Waals surface area contributed by atoms with E-state index < -0.39 is 35.6 Å². The number of hydrogen-bond donors (Lipinski definition) is 1. The minimum atomic E-state index is -4.97. The summed E-state index contributed by atoms with van der Waals surface area (Å²) in [7, 11) is 1.44. The molecule has 0 bridgehead atoms. The van der Waals surface area contributed by atoms with Crippen molar-refractivity contribution < 1.29 is 40.6 Å². The van der Waals surface area contributed by atoms with Crippen molar-refractivity contribution in [3.63, 3.8) is 0 Å². The fraction of sp³-hybridized carbons (Fsp3) is 0.385. The second-order valence-electron chi connectivity index (χ2n) is 9.19. The van der Waals surface area contributed by atoms with E-state index in [9.17, 15) is 31.1 Å². The molecule has 1 aromatic carbocycles. The van der Waals surface area contributed by atoms with Gasteiger partial charge in [0.1, 0.15) is 0 Å². The zero-order chi connectivity index (χ0) is 30.1. The van der Waals surface area contributed by atoms with Crippen molar-refractivity contribution in [2.75, 3.05) is 23.9 Å². The van der Waals surface area contributed by atoms with Crippen molar-refractivity contribution in [1.82, 2.24) is 15.0 Å². The molecule has 1 aliphatic rings. The number of anilines is 2. The van der Waals surface area contributed by atoms with Crippen LogP contribution in [0.2, 0.25) is 0 Å². The minimum Gasteiger partial charge on any atom is -0.481 e. The molecule has 0 unspecified atom stereocenters. The molecule has 3 aromatic rings. The van der Waals surface area contributed by atoms with E-state index in [4.69, 9.17) is 9.47 Å². The van der Waals surface area contributed by atoms with Gasteiger partial charge in [-0.25, -0.2) is 19.7 Å². The van der Waals surface area contributed by atoms with E-state index >= 15 is 0 Å². The van der Waals surface area contributed by atoms with Gasteiger partial charge in [0.05, 0.1) is 52.4 Å². The van der Waals surface area contributed by atoms with Crippen LogP contribution in [0.1, 0.15) is 54.4 Å². The highest BCUT2D eigenvalue weighted by Crippen LogP contribution is 2.40. The smallest absolute Gasteiger partial charge is 0.416 e. The Labute approximate surface area is 239 Å². The maximum absolute atomic E-state index is 13.3. The summed E-state index contributed by atoms with van der Waals surface area (Å²) in [4.78, 5) is 27.2. The lowest BCUT2D eigenvalue weighted by molar-refractivity contribution is -0.143. The predicted molar refractivity (Wildman–Crippen MR) is 140 cm³/mol. The van der Waals surface area contributed by atoms with Crippen LogP contribution in [-0.4, -0.2) is 40.8 Å². The lowest BCUT2D eigenvalue weighted by Gasteiger charge is -2.38. The molecule has 41 heavy (non-hydrogen) atoms. The third-order valence-corrected chi connectivity index (χ3v) is 6.96. The quantitative estimate of drug-likeness (QED) is 0.284. The number of pyridine rings is 1. The molecule has 2 aromatic heterocycles. The zero-order valence-corrected chi connectivity index (χ0v) is 23.5. The molecule has 15 heteroatoms. The highest BCUT2D eigenvalue weighted by atomic mass is 79.9. The Kier molecular flexibility index (Phi) is 8.66. The number of nitrogens with one attached hydrogen (secondary N) is 1. The molecular weight excluding hydrogens is 624 g/mol.